The molecule has 0 aliphatic carbocycles. The van der Waals surface area contributed by atoms with Crippen molar-refractivity contribution >= 4 is 11.9 Å². The molecule has 1 aromatic rings. The molecule has 1 amide bonds. The first-order valence-corrected chi connectivity index (χ1v) is 6.07. The van der Waals surface area contributed by atoms with Crippen LogP contribution in [0.15, 0.2) is 18.2 Å². The van der Waals surface area contributed by atoms with Crippen LogP contribution in [0.4, 0.5) is 0 Å². The zero-order chi connectivity index (χ0) is 13.1. The van der Waals surface area contributed by atoms with E-state index in [1.165, 1.54) is 6.07 Å². The van der Waals surface area contributed by atoms with Gasteiger partial charge in [0, 0.05) is 13.1 Å². The number of likely N-dealkylation sites (tertiary alicyclic amines) is 1. The highest BCUT2D eigenvalue weighted by Crippen LogP contribution is 2.17. The first kappa shape index (κ1) is 12.5. The molecule has 2 rings (SSSR count). The number of pyridine rings is 1. The third-order valence-corrected chi connectivity index (χ3v) is 3.13. The Morgan fingerprint density at radius 1 is 1.39 bits per heavy atom. The highest BCUT2D eigenvalue weighted by Gasteiger charge is 2.23. The number of aromatic nitrogens is 1. The second-order valence-corrected chi connectivity index (χ2v) is 4.71. The number of carboxylic acids is 1. The first-order chi connectivity index (χ1) is 8.58. The zero-order valence-electron chi connectivity index (χ0n) is 10.3. The largest absolute Gasteiger partial charge is 0.477 e. The van der Waals surface area contributed by atoms with Gasteiger partial charge < -0.3 is 10.0 Å². The summed E-state index contributed by atoms with van der Waals surface area (Å²) >= 11 is 0. The molecule has 0 bridgehead atoms. The van der Waals surface area contributed by atoms with Gasteiger partial charge in [-0.2, -0.15) is 0 Å². The quantitative estimate of drug-likeness (QED) is 0.864. The highest BCUT2D eigenvalue weighted by atomic mass is 16.4. The van der Waals surface area contributed by atoms with Crippen molar-refractivity contribution in [3.63, 3.8) is 0 Å². The first-order valence-electron chi connectivity index (χ1n) is 6.07. The fraction of sp³-hybridized carbons (Fsp3) is 0.462. The summed E-state index contributed by atoms with van der Waals surface area (Å²) in [5.41, 5.74) is 0.120. The van der Waals surface area contributed by atoms with Crippen LogP contribution >= 0.6 is 0 Å². The predicted molar refractivity (Wildman–Crippen MR) is 65.5 cm³/mol. The van der Waals surface area contributed by atoms with E-state index in [1.807, 2.05) is 0 Å². The Labute approximate surface area is 105 Å². The van der Waals surface area contributed by atoms with Crippen LogP contribution in [-0.2, 0) is 0 Å². The van der Waals surface area contributed by atoms with Gasteiger partial charge in [0.15, 0.2) is 0 Å². The Morgan fingerprint density at radius 3 is 2.78 bits per heavy atom. The van der Waals surface area contributed by atoms with Crippen molar-refractivity contribution in [1.82, 2.24) is 9.88 Å². The molecule has 2 heterocycles. The number of carbonyl (C=O) groups is 2. The van der Waals surface area contributed by atoms with Crippen molar-refractivity contribution in [2.45, 2.75) is 19.8 Å². The predicted octanol–water partition coefficient (Wildman–Crippen LogP) is 1.65. The van der Waals surface area contributed by atoms with Gasteiger partial charge in [0.1, 0.15) is 11.4 Å². The van der Waals surface area contributed by atoms with Crippen molar-refractivity contribution in [1.29, 1.82) is 0 Å². The van der Waals surface area contributed by atoms with Crippen molar-refractivity contribution in [3.05, 3.63) is 29.6 Å². The van der Waals surface area contributed by atoms with E-state index in [2.05, 4.69) is 11.9 Å². The maximum Gasteiger partial charge on any atom is 0.354 e. The Balaban J connectivity index is 2.17. The second kappa shape index (κ2) is 5.16. The lowest BCUT2D eigenvalue weighted by molar-refractivity contribution is 0.0674. The molecule has 0 radical (unpaired) electrons. The van der Waals surface area contributed by atoms with E-state index in [4.69, 9.17) is 5.11 Å². The lowest BCUT2D eigenvalue weighted by Crippen LogP contribution is -2.39. The lowest BCUT2D eigenvalue weighted by Gasteiger charge is -2.30. The number of piperidine rings is 1. The van der Waals surface area contributed by atoms with E-state index in [0.717, 1.165) is 25.9 Å². The van der Waals surface area contributed by atoms with Gasteiger partial charge in [-0.15, -0.1) is 0 Å². The summed E-state index contributed by atoms with van der Waals surface area (Å²) < 4.78 is 0. The Hall–Kier alpha value is -1.91. The van der Waals surface area contributed by atoms with Crippen LogP contribution in [-0.4, -0.2) is 40.0 Å². The number of amides is 1. The SMILES string of the molecule is CC1CCCN(C(=O)c2cccc(C(=O)O)n2)C1. The molecule has 1 aliphatic heterocycles. The minimum absolute atomic E-state index is 0.0918. The van der Waals surface area contributed by atoms with E-state index >= 15 is 0 Å². The van der Waals surface area contributed by atoms with Crippen molar-refractivity contribution in [2.24, 2.45) is 5.92 Å². The summed E-state index contributed by atoms with van der Waals surface area (Å²) in [7, 11) is 0. The zero-order valence-corrected chi connectivity index (χ0v) is 10.3. The van der Waals surface area contributed by atoms with Crippen molar-refractivity contribution in [3.8, 4) is 0 Å². The fourth-order valence-electron chi connectivity index (χ4n) is 2.21. The number of carbonyl (C=O) groups excluding carboxylic acids is 1. The highest BCUT2D eigenvalue weighted by molar-refractivity contribution is 5.94. The number of carboxylic acid groups (broad SMARTS) is 1. The summed E-state index contributed by atoms with van der Waals surface area (Å²) in [6.45, 7) is 3.56. The molecule has 5 nitrogen and oxygen atoms in total. The molecule has 1 aliphatic rings. The summed E-state index contributed by atoms with van der Waals surface area (Å²) in [6.07, 6.45) is 2.12. The molecule has 1 atom stereocenters. The van der Waals surface area contributed by atoms with Crippen LogP contribution in [0.5, 0.6) is 0 Å². The van der Waals surface area contributed by atoms with Gasteiger partial charge in [-0.25, -0.2) is 9.78 Å². The van der Waals surface area contributed by atoms with E-state index in [1.54, 1.807) is 17.0 Å². The molecule has 1 unspecified atom stereocenters. The number of rotatable bonds is 2. The van der Waals surface area contributed by atoms with Gasteiger partial charge in [0.25, 0.3) is 5.91 Å². The van der Waals surface area contributed by atoms with Crippen LogP contribution in [0.3, 0.4) is 0 Å². The second-order valence-electron chi connectivity index (χ2n) is 4.71. The van der Waals surface area contributed by atoms with Gasteiger partial charge in [-0.05, 0) is 30.9 Å². The van der Waals surface area contributed by atoms with Gasteiger partial charge in [-0.1, -0.05) is 13.0 Å². The Morgan fingerprint density at radius 2 is 2.11 bits per heavy atom. The molecule has 0 spiro atoms. The minimum Gasteiger partial charge on any atom is -0.477 e. The topological polar surface area (TPSA) is 70.5 Å². The van der Waals surface area contributed by atoms with Gasteiger partial charge in [0.05, 0.1) is 0 Å². The molecule has 1 fully saturated rings. The molecule has 0 aromatic carbocycles. The van der Waals surface area contributed by atoms with Crippen LogP contribution in [0.25, 0.3) is 0 Å². The maximum atomic E-state index is 12.2. The van der Waals surface area contributed by atoms with Gasteiger partial charge in [-0.3, -0.25) is 4.79 Å². The van der Waals surface area contributed by atoms with Crippen LogP contribution < -0.4 is 0 Å². The van der Waals surface area contributed by atoms with E-state index in [-0.39, 0.29) is 17.3 Å². The summed E-state index contributed by atoms with van der Waals surface area (Å²) in [4.78, 5) is 28.6. The van der Waals surface area contributed by atoms with Gasteiger partial charge >= 0.3 is 5.97 Å². The van der Waals surface area contributed by atoms with Gasteiger partial charge in [0.2, 0.25) is 0 Å². The lowest BCUT2D eigenvalue weighted by atomic mass is 10.00. The smallest absolute Gasteiger partial charge is 0.354 e. The molecule has 18 heavy (non-hydrogen) atoms. The summed E-state index contributed by atoms with van der Waals surface area (Å²) in [6, 6.07) is 4.50. The summed E-state index contributed by atoms with van der Waals surface area (Å²) in [5, 5.41) is 8.86. The summed E-state index contributed by atoms with van der Waals surface area (Å²) in [5.74, 6) is -0.799. The Kier molecular flexibility index (Phi) is 3.60. The molecular weight excluding hydrogens is 232 g/mol. The molecule has 1 aromatic heterocycles. The average molecular weight is 248 g/mol. The van der Waals surface area contributed by atoms with Crippen LogP contribution in [0.1, 0.15) is 40.7 Å². The van der Waals surface area contributed by atoms with E-state index in [0.29, 0.717) is 5.92 Å². The number of nitrogens with zero attached hydrogens (tertiary/aromatic N) is 2. The molecule has 1 saturated heterocycles. The van der Waals surface area contributed by atoms with Crippen molar-refractivity contribution in [2.75, 3.05) is 13.1 Å². The normalized spacial score (nSPS) is 19.6. The number of hydrogen-bond acceptors (Lipinski definition) is 3. The van der Waals surface area contributed by atoms with E-state index < -0.39 is 5.97 Å². The monoisotopic (exact) mass is 248 g/mol. The third kappa shape index (κ3) is 2.67. The fourth-order valence-corrected chi connectivity index (χ4v) is 2.21. The number of aromatic carboxylic acids is 1. The number of hydrogen-bond donors (Lipinski definition) is 1. The molecule has 96 valence electrons. The Bertz CT molecular complexity index is 473. The van der Waals surface area contributed by atoms with Crippen LogP contribution in [0.2, 0.25) is 0 Å². The molecule has 0 saturated carbocycles. The third-order valence-electron chi connectivity index (χ3n) is 3.13. The van der Waals surface area contributed by atoms with Crippen LogP contribution in [0, 0.1) is 5.92 Å². The average Bonchev–Trinajstić information content (AvgIpc) is 2.38. The van der Waals surface area contributed by atoms with E-state index in [9.17, 15) is 9.59 Å². The standard InChI is InChI=1S/C13H16N2O3/c1-9-4-3-7-15(8-9)12(16)10-5-2-6-11(14-10)13(17)18/h2,5-6,9H,3-4,7-8H2,1H3,(H,17,18). The van der Waals surface area contributed by atoms with Crippen molar-refractivity contribution < 1.29 is 14.7 Å². The molecule has 5 heteroatoms. The minimum atomic E-state index is -1.11. The maximum absolute atomic E-state index is 12.2. The molecule has 1 N–H and O–H groups in total. The molecular formula is C13H16N2O3.